The summed E-state index contributed by atoms with van der Waals surface area (Å²) in [6.07, 6.45) is 0. The molecule has 0 heterocycles. The molecular weight excluding hydrogens is 328 g/mol. The molecule has 0 aromatic heterocycles. The molecule has 0 bridgehead atoms. The van der Waals surface area contributed by atoms with Crippen molar-refractivity contribution in [1.82, 2.24) is 0 Å². The summed E-state index contributed by atoms with van der Waals surface area (Å²) in [5, 5.41) is 0. The fourth-order valence-corrected chi connectivity index (χ4v) is 4.28. The molecule has 0 fully saturated rings. The van der Waals surface area contributed by atoms with E-state index in [1.165, 1.54) is 27.9 Å². The van der Waals surface area contributed by atoms with Crippen molar-refractivity contribution in [1.29, 1.82) is 0 Å². The van der Waals surface area contributed by atoms with Crippen LogP contribution in [0.15, 0.2) is 66.7 Å². The van der Waals surface area contributed by atoms with Crippen LogP contribution in [0.25, 0.3) is 16.0 Å². The van der Waals surface area contributed by atoms with Crippen molar-refractivity contribution in [3.8, 4) is 11.1 Å². The van der Waals surface area contributed by atoms with E-state index in [9.17, 15) is 0 Å². The Labute approximate surface area is 161 Å². The van der Waals surface area contributed by atoms with Crippen molar-refractivity contribution >= 4 is 17.1 Å². The van der Waals surface area contributed by atoms with Gasteiger partial charge in [0.05, 0.1) is 6.57 Å². The number of hydrogen-bond acceptors (Lipinski definition) is 1. The first-order chi connectivity index (χ1) is 12.9. The maximum absolute atomic E-state index is 7.17. The third-order valence-electron chi connectivity index (χ3n) is 5.62. The molecule has 1 aliphatic carbocycles. The second kappa shape index (κ2) is 6.28. The van der Waals surface area contributed by atoms with E-state index < -0.39 is 0 Å². The predicted octanol–water partition coefficient (Wildman–Crippen LogP) is 7.09. The molecule has 0 amide bonds. The second-order valence-electron chi connectivity index (χ2n) is 7.99. The lowest BCUT2D eigenvalue weighted by Crippen LogP contribution is -2.26. The fourth-order valence-electron chi connectivity index (χ4n) is 4.28. The summed E-state index contributed by atoms with van der Waals surface area (Å²) in [4.78, 5) is 5.85. The molecule has 0 saturated heterocycles. The summed E-state index contributed by atoms with van der Waals surface area (Å²) in [5.41, 5.74) is 8.45. The van der Waals surface area contributed by atoms with Gasteiger partial charge in [-0.25, -0.2) is 4.85 Å². The standard InChI is InChI=1S/C25H24N2/c1-17(2)27(19-12-10-18(26-5)11-13-19)20-14-15-22-21-8-6-7-9-23(21)25(3,4)24(22)16-20/h6-17H,1-4H3. The van der Waals surface area contributed by atoms with E-state index in [-0.39, 0.29) is 5.41 Å². The van der Waals surface area contributed by atoms with Gasteiger partial charge in [0, 0.05) is 22.8 Å². The Kier molecular flexibility index (Phi) is 4.04. The highest BCUT2D eigenvalue weighted by atomic mass is 15.2. The summed E-state index contributed by atoms with van der Waals surface area (Å²) in [5.74, 6) is 0. The van der Waals surface area contributed by atoms with Crippen LogP contribution in [0, 0.1) is 6.57 Å². The molecule has 27 heavy (non-hydrogen) atoms. The zero-order valence-corrected chi connectivity index (χ0v) is 16.3. The first kappa shape index (κ1) is 17.4. The van der Waals surface area contributed by atoms with Gasteiger partial charge in [-0.3, -0.25) is 0 Å². The lowest BCUT2D eigenvalue weighted by Gasteiger charge is -2.31. The summed E-state index contributed by atoms with van der Waals surface area (Å²) >= 11 is 0. The third kappa shape index (κ3) is 2.71. The average molecular weight is 352 g/mol. The van der Waals surface area contributed by atoms with E-state index in [1.807, 2.05) is 24.3 Å². The highest BCUT2D eigenvalue weighted by Gasteiger charge is 2.35. The number of anilines is 2. The molecular formula is C25H24N2. The number of benzene rings is 3. The number of hydrogen-bond donors (Lipinski definition) is 0. The minimum Gasteiger partial charge on any atom is -0.339 e. The second-order valence-corrected chi connectivity index (χ2v) is 7.99. The monoisotopic (exact) mass is 352 g/mol. The van der Waals surface area contributed by atoms with E-state index in [2.05, 4.69) is 79.9 Å². The van der Waals surface area contributed by atoms with E-state index in [1.54, 1.807) is 0 Å². The zero-order chi connectivity index (χ0) is 19.2. The third-order valence-corrected chi connectivity index (χ3v) is 5.62. The van der Waals surface area contributed by atoms with Gasteiger partial charge in [0.2, 0.25) is 0 Å². The molecule has 0 spiro atoms. The van der Waals surface area contributed by atoms with Gasteiger partial charge in [-0.15, -0.1) is 0 Å². The molecule has 0 saturated carbocycles. The Morgan fingerprint density at radius 2 is 1.44 bits per heavy atom. The summed E-state index contributed by atoms with van der Waals surface area (Å²) in [6, 6.07) is 23.7. The lowest BCUT2D eigenvalue weighted by atomic mass is 9.82. The molecule has 2 heteroatoms. The Morgan fingerprint density at radius 1 is 0.815 bits per heavy atom. The summed E-state index contributed by atoms with van der Waals surface area (Å²) in [7, 11) is 0. The van der Waals surface area contributed by atoms with Gasteiger partial charge >= 0.3 is 0 Å². The van der Waals surface area contributed by atoms with Crippen molar-refractivity contribution < 1.29 is 0 Å². The molecule has 4 rings (SSSR count). The summed E-state index contributed by atoms with van der Waals surface area (Å²) < 4.78 is 0. The van der Waals surface area contributed by atoms with Gasteiger partial charge in [-0.2, -0.15) is 0 Å². The highest BCUT2D eigenvalue weighted by molar-refractivity contribution is 5.83. The van der Waals surface area contributed by atoms with Crippen LogP contribution in [-0.2, 0) is 5.41 Å². The molecule has 3 aromatic carbocycles. The molecule has 0 atom stereocenters. The van der Waals surface area contributed by atoms with Crippen LogP contribution >= 0.6 is 0 Å². The van der Waals surface area contributed by atoms with E-state index >= 15 is 0 Å². The van der Waals surface area contributed by atoms with E-state index in [0.29, 0.717) is 11.7 Å². The Morgan fingerprint density at radius 3 is 2.11 bits per heavy atom. The van der Waals surface area contributed by atoms with Crippen LogP contribution in [0.4, 0.5) is 17.1 Å². The molecule has 3 aromatic rings. The Hall–Kier alpha value is -3.05. The van der Waals surface area contributed by atoms with Gasteiger partial charge in [-0.05, 0) is 60.4 Å². The van der Waals surface area contributed by atoms with Crippen LogP contribution in [0.2, 0.25) is 0 Å². The molecule has 0 aliphatic heterocycles. The van der Waals surface area contributed by atoms with Gasteiger partial charge in [0.15, 0.2) is 5.69 Å². The Balaban J connectivity index is 1.83. The fraction of sp³-hybridized carbons (Fsp3) is 0.240. The number of fused-ring (bicyclic) bond motifs is 3. The van der Waals surface area contributed by atoms with Crippen LogP contribution in [0.1, 0.15) is 38.8 Å². The molecule has 2 nitrogen and oxygen atoms in total. The lowest BCUT2D eigenvalue weighted by molar-refractivity contribution is 0.659. The van der Waals surface area contributed by atoms with Gasteiger partial charge < -0.3 is 4.90 Å². The van der Waals surface area contributed by atoms with Crippen molar-refractivity contribution in [3.63, 3.8) is 0 Å². The van der Waals surface area contributed by atoms with Crippen molar-refractivity contribution in [2.45, 2.75) is 39.2 Å². The first-order valence-corrected chi connectivity index (χ1v) is 9.44. The maximum Gasteiger partial charge on any atom is 0.187 e. The molecule has 1 aliphatic rings. The van der Waals surface area contributed by atoms with Gasteiger partial charge in [0.25, 0.3) is 0 Å². The normalized spacial score (nSPS) is 13.8. The number of nitrogens with zero attached hydrogens (tertiary/aromatic N) is 2. The first-order valence-electron chi connectivity index (χ1n) is 9.44. The van der Waals surface area contributed by atoms with Crippen molar-refractivity contribution in [2.75, 3.05) is 4.90 Å². The maximum atomic E-state index is 7.17. The number of rotatable bonds is 3. The zero-order valence-electron chi connectivity index (χ0n) is 16.3. The molecule has 134 valence electrons. The highest BCUT2D eigenvalue weighted by Crippen LogP contribution is 2.49. The van der Waals surface area contributed by atoms with Gasteiger partial charge in [-0.1, -0.05) is 56.3 Å². The van der Waals surface area contributed by atoms with Crippen LogP contribution in [0.3, 0.4) is 0 Å². The van der Waals surface area contributed by atoms with Crippen LogP contribution < -0.4 is 4.90 Å². The topological polar surface area (TPSA) is 7.60 Å². The van der Waals surface area contributed by atoms with Crippen molar-refractivity contribution in [3.05, 3.63) is 89.3 Å². The molecule has 0 radical (unpaired) electrons. The SMILES string of the molecule is [C-]#[N+]c1ccc(N(c2ccc3c(c2)C(C)(C)c2ccccc2-3)C(C)C)cc1. The minimum absolute atomic E-state index is 0.00145. The van der Waals surface area contributed by atoms with E-state index in [0.717, 1.165) is 5.69 Å². The largest absolute Gasteiger partial charge is 0.339 e. The summed E-state index contributed by atoms with van der Waals surface area (Å²) in [6.45, 7) is 16.2. The predicted molar refractivity (Wildman–Crippen MR) is 114 cm³/mol. The minimum atomic E-state index is -0.00145. The molecule has 0 N–H and O–H groups in total. The molecule has 0 unspecified atom stereocenters. The van der Waals surface area contributed by atoms with Gasteiger partial charge in [0.1, 0.15) is 0 Å². The Bertz CT molecular complexity index is 1040. The quantitative estimate of drug-likeness (QED) is 0.457. The van der Waals surface area contributed by atoms with Crippen LogP contribution in [-0.4, -0.2) is 6.04 Å². The van der Waals surface area contributed by atoms with Crippen LogP contribution in [0.5, 0.6) is 0 Å². The smallest absolute Gasteiger partial charge is 0.187 e. The van der Waals surface area contributed by atoms with E-state index in [4.69, 9.17) is 6.57 Å². The average Bonchev–Trinajstić information content (AvgIpc) is 2.90. The van der Waals surface area contributed by atoms with Crippen molar-refractivity contribution in [2.24, 2.45) is 0 Å².